The zero-order chi connectivity index (χ0) is 12.8. The summed E-state index contributed by atoms with van der Waals surface area (Å²) < 4.78 is 10.9. The average molecular weight is 247 g/mol. The normalized spacial score (nSPS) is 27.1. The summed E-state index contributed by atoms with van der Waals surface area (Å²) >= 11 is 0. The van der Waals surface area contributed by atoms with Gasteiger partial charge in [-0.3, -0.25) is 4.79 Å². The number of ether oxygens (including phenoxy) is 2. The highest BCUT2D eigenvalue weighted by molar-refractivity contribution is 6.32. The third-order valence-corrected chi connectivity index (χ3v) is 3.40. The van der Waals surface area contributed by atoms with Crippen LogP contribution in [0.15, 0.2) is 24.3 Å². The Hall–Kier alpha value is -1.88. The van der Waals surface area contributed by atoms with Gasteiger partial charge in [0.2, 0.25) is 0 Å². The molecule has 2 aliphatic rings. The highest BCUT2D eigenvalue weighted by Crippen LogP contribution is 2.36. The first-order valence-electron chi connectivity index (χ1n) is 5.77. The van der Waals surface area contributed by atoms with Crippen molar-refractivity contribution in [2.75, 3.05) is 20.2 Å². The predicted octanol–water partition coefficient (Wildman–Crippen LogP) is 0.427. The number of carbonyl (C=O) groups excluding carboxylic acids is 2. The van der Waals surface area contributed by atoms with E-state index in [-0.39, 0.29) is 6.61 Å². The molecule has 0 N–H and O–H groups in total. The van der Waals surface area contributed by atoms with Crippen molar-refractivity contribution >= 4 is 11.9 Å². The Kier molecular flexibility index (Phi) is 2.38. The number of rotatable bonds is 0. The van der Waals surface area contributed by atoms with Gasteiger partial charge in [0.15, 0.2) is 5.60 Å². The highest BCUT2D eigenvalue weighted by atomic mass is 16.6. The molecule has 1 atom stereocenters. The molecule has 1 aromatic carbocycles. The lowest BCUT2D eigenvalue weighted by molar-refractivity contribution is -0.195. The summed E-state index contributed by atoms with van der Waals surface area (Å²) in [6.07, 6.45) is 0. The first-order valence-corrected chi connectivity index (χ1v) is 5.77. The van der Waals surface area contributed by atoms with Crippen LogP contribution in [-0.2, 0) is 31.3 Å². The topological polar surface area (TPSA) is 55.8 Å². The number of morpholine rings is 1. The van der Waals surface area contributed by atoms with E-state index >= 15 is 0 Å². The van der Waals surface area contributed by atoms with Crippen molar-refractivity contribution in [3.05, 3.63) is 35.4 Å². The molecule has 0 radical (unpaired) electrons. The molecule has 1 fully saturated rings. The van der Waals surface area contributed by atoms with Crippen molar-refractivity contribution in [1.82, 2.24) is 4.90 Å². The molecule has 1 amide bonds. The maximum atomic E-state index is 11.6. The molecular weight excluding hydrogens is 234 g/mol. The number of fused-ring (bicyclic) bond motifs is 2. The zero-order valence-electron chi connectivity index (χ0n) is 10.0. The third-order valence-electron chi connectivity index (χ3n) is 3.40. The van der Waals surface area contributed by atoms with Crippen LogP contribution in [0.4, 0.5) is 0 Å². The second-order valence-electron chi connectivity index (χ2n) is 4.69. The number of likely N-dealkylation sites (N-methyl/N-ethyl adjacent to an activating group) is 1. The molecule has 1 unspecified atom stereocenters. The van der Waals surface area contributed by atoms with Gasteiger partial charge in [0.1, 0.15) is 0 Å². The smallest absolute Gasteiger partial charge is 0.398 e. The number of hydrogen-bond acceptors (Lipinski definition) is 4. The first-order chi connectivity index (χ1) is 8.62. The van der Waals surface area contributed by atoms with Crippen LogP contribution in [0, 0.1) is 0 Å². The molecule has 0 bridgehead atoms. The lowest BCUT2D eigenvalue weighted by atomic mass is 9.87. The first kappa shape index (κ1) is 11.2. The molecule has 5 heteroatoms. The van der Waals surface area contributed by atoms with E-state index in [0.717, 1.165) is 11.1 Å². The Morgan fingerprint density at radius 1 is 1.28 bits per heavy atom. The number of hydrogen-bond donors (Lipinski definition) is 0. The fourth-order valence-corrected chi connectivity index (χ4v) is 2.57. The quantitative estimate of drug-likeness (QED) is 0.492. The standard InChI is InChI=1S/C13H13NO4/c1-14-7-13(18-12(16)11(14)15)8-17-6-9-4-2-3-5-10(9)13/h2-5H,6-8H2,1H3. The number of esters is 1. The largest absolute Gasteiger partial charge is 0.443 e. The molecule has 18 heavy (non-hydrogen) atoms. The van der Waals surface area contributed by atoms with Crippen LogP contribution in [0.1, 0.15) is 11.1 Å². The molecule has 1 spiro atoms. The van der Waals surface area contributed by atoms with E-state index in [4.69, 9.17) is 9.47 Å². The van der Waals surface area contributed by atoms with E-state index in [2.05, 4.69) is 0 Å². The van der Waals surface area contributed by atoms with Gasteiger partial charge in [-0.15, -0.1) is 0 Å². The number of benzene rings is 1. The second-order valence-corrected chi connectivity index (χ2v) is 4.69. The molecule has 2 heterocycles. The average Bonchev–Trinajstić information content (AvgIpc) is 2.37. The predicted molar refractivity (Wildman–Crippen MR) is 61.5 cm³/mol. The van der Waals surface area contributed by atoms with Crippen LogP contribution >= 0.6 is 0 Å². The van der Waals surface area contributed by atoms with E-state index in [9.17, 15) is 9.59 Å². The molecule has 1 saturated heterocycles. The minimum atomic E-state index is -0.853. The van der Waals surface area contributed by atoms with Crippen LogP contribution in [-0.4, -0.2) is 37.0 Å². The van der Waals surface area contributed by atoms with Gasteiger partial charge >= 0.3 is 11.9 Å². The van der Waals surface area contributed by atoms with Crippen LogP contribution in [0.3, 0.4) is 0 Å². The summed E-state index contributed by atoms with van der Waals surface area (Å²) in [5, 5.41) is 0. The lowest BCUT2D eigenvalue weighted by Crippen LogP contribution is -2.57. The van der Waals surface area contributed by atoms with E-state index in [0.29, 0.717) is 13.2 Å². The van der Waals surface area contributed by atoms with Crippen LogP contribution in [0.25, 0.3) is 0 Å². The monoisotopic (exact) mass is 247 g/mol. The third kappa shape index (κ3) is 1.51. The summed E-state index contributed by atoms with van der Waals surface area (Å²) in [5.41, 5.74) is 1.08. The van der Waals surface area contributed by atoms with Crippen molar-refractivity contribution in [3.8, 4) is 0 Å². The fraction of sp³-hybridized carbons (Fsp3) is 0.385. The second kappa shape index (κ2) is 3.81. The number of amides is 1. The molecule has 1 aromatic rings. The van der Waals surface area contributed by atoms with Gasteiger partial charge in [-0.05, 0) is 5.56 Å². The van der Waals surface area contributed by atoms with Crippen LogP contribution in [0.5, 0.6) is 0 Å². The highest BCUT2D eigenvalue weighted by Gasteiger charge is 2.48. The van der Waals surface area contributed by atoms with Gasteiger partial charge < -0.3 is 14.4 Å². The van der Waals surface area contributed by atoms with Gasteiger partial charge in [-0.25, -0.2) is 4.79 Å². The van der Waals surface area contributed by atoms with Crippen LogP contribution in [0.2, 0.25) is 0 Å². The minimum absolute atomic E-state index is 0.285. The van der Waals surface area contributed by atoms with Gasteiger partial charge in [0.25, 0.3) is 0 Å². The van der Waals surface area contributed by atoms with E-state index in [1.807, 2.05) is 24.3 Å². The summed E-state index contributed by atoms with van der Waals surface area (Å²) in [5.74, 6) is -1.42. The Bertz CT molecular complexity index is 527. The molecule has 0 aliphatic carbocycles. The molecule has 0 saturated carbocycles. The fourth-order valence-electron chi connectivity index (χ4n) is 2.57. The van der Waals surface area contributed by atoms with Gasteiger partial charge in [-0.2, -0.15) is 0 Å². The van der Waals surface area contributed by atoms with Crippen LogP contribution < -0.4 is 0 Å². The molecule has 5 nitrogen and oxygen atoms in total. The number of carbonyl (C=O) groups is 2. The number of nitrogens with zero attached hydrogens (tertiary/aromatic N) is 1. The lowest BCUT2D eigenvalue weighted by Gasteiger charge is -2.43. The molecule has 94 valence electrons. The van der Waals surface area contributed by atoms with Gasteiger partial charge in [0.05, 0.1) is 19.8 Å². The Morgan fingerprint density at radius 2 is 2.06 bits per heavy atom. The summed E-state index contributed by atoms with van der Waals surface area (Å²) in [4.78, 5) is 24.5. The Labute approximate surface area is 104 Å². The van der Waals surface area contributed by atoms with Gasteiger partial charge in [0, 0.05) is 12.6 Å². The van der Waals surface area contributed by atoms with E-state index in [1.54, 1.807) is 7.05 Å². The Morgan fingerprint density at radius 3 is 2.83 bits per heavy atom. The van der Waals surface area contributed by atoms with Gasteiger partial charge in [-0.1, -0.05) is 24.3 Å². The molecule has 3 rings (SSSR count). The molecule has 2 aliphatic heterocycles. The summed E-state index contributed by atoms with van der Waals surface area (Å²) in [7, 11) is 1.60. The van der Waals surface area contributed by atoms with Crippen molar-refractivity contribution in [2.24, 2.45) is 0 Å². The Balaban J connectivity index is 2.07. The maximum Gasteiger partial charge on any atom is 0.398 e. The van der Waals surface area contributed by atoms with Crippen molar-refractivity contribution in [2.45, 2.75) is 12.2 Å². The SMILES string of the molecule is CN1CC2(COCc3ccccc32)OC(=O)C1=O. The van der Waals surface area contributed by atoms with Crippen molar-refractivity contribution < 1.29 is 19.1 Å². The molecule has 0 aromatic heterocycles. The van der Waals surface area contributed by atoms with Crippen molar-refractivity contribution in [3.63, 3.8) is 0 Å². The maximum absolute atomic E-state index is 11.6. The minimum Gasteiger partial charge on any atom is -0.443 e. The summed E-state index contributed by atoms with van der Waals surface area (Å²) in [6.45, 7) is 1.12. The van der Waals surface area contributed by atoms with E-state index in [1.165, 1.54) is 4.90 Å². The van der Waals surface area contributed by atoms with Crippen molar-refractivity contribution in [1.29, 1.82) is 0 Å². The van der Waals surface area contributed by atoms with E-state index < -0.39 is 17.5 Å². The zero-order valence-corrected chi connectivity index (χ0v) is 10.0. The summed E-state index contributed by atoms with van der Waals surface area (Å²) in [6, 6.07) is 7.69. The molecular formula is C13H13NO4.